The van der Waals surface area contributed by atoms with Gasteiger partial charge in [0.2, 0.25) is 0 Å². The summed E-state index contributed by atoms with van der Waals surface area (Å²) in [5.74, 6) is 1.03. The van der Waals surface area contributed by atoms with E-state index in [1.807, 2.05) is 17.7 Å². The molecule has 0 aliphatic carbocycles. The minimum absolute atomic E-state index is 0.383. The molecule has 0 amide bonds. The minimum atomic E-state index is -0.383. The molecule has 0 spiro atoms. The van der Waals surface area contributed by atoms with Gasteiger partial charge in [0.05, 0.1) is 25.5 Å². The fourth-order valence-corrected chi connectivity index (χ4v) is 2.38. The molecule has 0 bridgehead atoms. The van der Waals surface area contributed by atoms with Crippen molar-refractivity contribution in [2.24, 2.45) is 0 Å². The first-order valence-corrected chi connectivity index (χ1v) is 7.51. The molecule has 7 heteroatoms. The smallest absolute Gasteiger partial charge is 0.337 e. The number of benzene rings is 1. The van der Waals surface area contributed by atoms with Crippen LogP contribution < -0.4 is 4.74 Å². The van der Waals surface area contributed by atoms with Crippen molar-refractivity contribution < 1.29 is 14.3 Å². The first-order chi connectivity index (χ1) is 11.7. The van der Waals surface area contributed by atoms with Crippen LogP contribution in [-0.4, -0.2) is 39.2 Å². The second-order valence-electron chi connectivity index (χ2n) is 5.19. The SMILES string of the molecule is COC(=O)c1cccc(OCCn2ccnc2-c2nc[nH]c2C)c1. The normalized spacial score (nSPS) is 10.6. The Bertz CT molecular complexity index is 838. The Morgan fingerprint density at radius 3 is 2.96 bits per heavy atom. The van der Waals surface area contributed by atoms with Crippen LogP contribution >= 0.6 is 0 Å². The van der Waals surface area contributed by atoms with Gasteiger partial charge in [-0.2, -0.15) is 0 Å². The van der Waals surface area contributed by atoms with E-state index < -0.39 is 0 Å². The van der Waals surface area contributed by atoms with Crippen LogP contribution in [-0.2, 0) is 11.3 Å². The molecule has 0 aliphatic rings. The summed E-state index contributed by atoms with van der Waals surface area (Å²) in [5, 5.41) is 0. The second kappa shape index (κ2) is 6.99. The highest BCUT2D eigenvalue weighted by molar-refractivity contribution is 5.89. The van der Waals surface area contributed by atoms with E-state index in [-0.39, 0.29) is 5.97 Å². The lowest BCUT2D eigenvalue weighted by Crippen LogP contribution is -2.09. The molecule has 2 heterocycles. The number of esters is 1. The number of nitrogens with zero attached hydrogens (tertiary/aromatic N) is 3. The summed E-state index contributed by atoms with van der Waals surface area (Å²) in [7, 11) is 1.35. The Morgan fingerprint density at radius 1 is 1.33 bits per heavy atom. The van der Waals surface area contributed by atoms with E-state index in [0.717, 1.165) is 17.2 Å². The molecule has 0 saturated carbocycles. The lowest BCUT2D eigenvalue weighted by Gasteiger charge is -2.10. The van der Waals surface area contributed by atoms with Gasteiger partial charge in [-0.25, -0.2) is 14.8 Å². The molecule has 124 valence electrons. The molecule has 0 unspecified atom stereocenters. The van der Waals surface area contributed by atoms with Gasteiger partial charge in [0.15, 0.2) is 5.82 Å². The number of H-pyrrole nitrogens is 1. The van der Waals surface area contributed by atoms with Crippen LogP contribution in [0.3, 0.4) is 0 Å². The zero-order valence-corrected chi connectivity index (χ0v) is 13.5. The zero-order chi connectivity index (χ0) is 16.9. The predicted molar refractivity (Wildman–Crippen MR) is 87.8 cm³/mol. The Labute approximate surface area is 139 Å². The number of aromatic nitrogens is 4. The summed E-state index contributed by atoms with van der Waals surface area (Å²) < 4.78 is 12.4. The first-order valence-electron chi connectivity index (χ1n) is 7.51. The van der Waals surface area contributed by atoms with Crippen LogP contribution in [0.2, 0.25) is 0 Å². The summed E-state index contributed by atoms with van der Waals surface area (Å²) in [6.45, 7) is 3.01. The van der Waals surface area contributed by atoms with Crippen molar-refractivity contribution in [2.75, 3.05) is 13.7 Å². The molecule has 3 aromatic rings. The highest BCUT2D eigenvalue weighted by Crippen LogP contribution is 2.18. The summed E-state index contributed by atoms with van der Waals surface area (Å²) in [6, 6.07) is 6.92. The number of carbonyl (C=O) groups excluding carboxylic acids is 1. The summed E-state index contributed by atoms with van der Waals surface area (Å²) in [4.78, 5) is 23.2. The minimum Gasteiger partial charge on any atom is -0.492 e. The molecular weight excluding hydrogens is 308 g/mol. The largest absolute Gasteiger partial charge is 0.492 e. The van der Waals surface area contributed by atoms with Crippen LogP contribution in [0.4, 0.5) is 0 Å². The molecule has 7 nitrogen and oxygen atoms in total. The highest BCUT2D eigenvalue weighted by atomic mass is 16.5. The third kappa shape index (κ3) is 3.29. The molecule has 3 rings (SSSR count). The molecule has 24 heavy (non-hydrogen) atoms. The predicted octanol–water partition coefficient (Wildman–Crippen LogP) is 2.45. The molecule has 0 atom stereocenters. The Hall–Kier alpha value is -3.09. The average Bonchev–Trinajstić information content (AvgIpc) is 3.22. The maximum Gasteiger partial charge on any atom is 0.337 e. The molecule has 0 saturated heterocycles. The van der Waals surface area contributed by atoms with E-state index in [9.17, 15) is 4.79 Å². The van der Waals surface area contributed by atoms with E-state index in [1.165, 1.54) is 7.11 Å². The van der Waals surface area contributed by atoms with Gasteiger partial charge in [-0.15, -0.1) is 0 Å². The van der Waals surface area contributed by atoms with Gasteiger partial charge in [-0.1, -0.05) is 6.07 Å². The van der Waals surface area contributed by atoms with Gasteiger partial charge in [0.25, 0.3) is 0 Å². The quantitative estimate of drug-likeness (QED) is 0.704. The molecule has 1 N–H and O–H groups in total. The van der Waals surface area contributed by atoms with Crippen molar-refractivity contribution >= 4 is 5.97 Å². The summed E-state index contributed by atoms with van der Waals surface area (Å²) in [6.07, 6.45) is 5.28. The third-order valence-corrected chi connectivity index (χ3v) is 3.61. The fourth-order valence-electron chi connectivity index (χ4n) is 2.38. The fraction of sp³-hybridized carbons (Fsp3) is 0.235. The highest BCUT2D eigenvalue weighted by Gasteiger charge is 2.11. The van der Waals surface area contributed by atoms with Gasteiger partial charge in [-0.3, -0.25) is 0 Å². The van der Waals surface area contributed by atoms with Gasteiger partial charge in [-0.05, 0) is 25.1 Å². The number of hydrogen-bond donors (Lipinski definition) is 1. The van der Waals surface area contributed by atoms with Crippen LogP contribution in [0.15, 0.2) is 43.0 Å². The molecule has 1 aromatic carbocycles. The first kappa shape index (κ1) is 15.8. The number of nitrogens with one attached hydrogen (secondary N) is 1. The van der Waals surface area contributed by atoms with E-state index >= 15 is 0 Å². The van der Waals surface area contributed by atoms with Crippen LogP contribution in [0, 0.1) is 6.92 Å². The van der Waals surface area contributed by atoms with Crippen LogP contribution in [0.25, 0.3) is 11.5 Å². The van der Waals surface area contributed by atoms with Gasteiger partial charge in [0, 0.05) is 18.1 Å². The summed E-state index contributed by atoms with van der Waals surface area (Å²) in [5.41, 5.74) is 2.26. The number of carbonyl (C=O) groups is 1. The molecule has 0 radical (unpaired) electrons. The average molecular weight is 326 g/mol. The van der Waals surface area contributed by atoms with Gasteiger partial charge >= 0.3 is 5.97 Å². The molecular formula is C17H18N4O3. The number of rotatable bonds is 6. The van der Waals surface area contributed by atoms with Crippen molar-refractivity contribution in [2.45, 2.75) is 13.5 Å². The maximum atomic E-state index is 11.5. The Kier molecular flexibility index (Phi) is 4.60. The van der Waals surface area contributed by atoms with E-state index in [4.69, 9.17) is 9.47 Å². The standard InChI is InChI=1S/C17H18N4O3/c1-12-15(20-11-19-12)16-18-6-7-21(16)8-9-24-14-5-3-4-13(10-14)17(22)23-2/h3-7,10-11H,8-9H2,1-2H3,(H,19,20). The van der Waals surface area contributed by atoms with Crippen molar-refractivity contribution in [3.05, 3.63) is 54.2 Å². The topological polar surface area (TPSA) is 82.0 Å². The van der Waals surface area contributed by atoms with Gasteiger partial charge < -0.3 is 19.0 Å². The zero-order valence-electron chi connectivity index (χ0n) is 13.5. The van der Waals surface area contributed by atoms with E-state index in [0.29, 0.717) is 24.5 Å². The Morgan fingerprint density at radius 2 is 2.21 bits per heavy atom. The molecule has 2 aromatic heterocycles. The Balaban J connectivity index is 1.65. The lowest BCUT2D eigenvalue weighted by molar-refractivity contribution is 0.0600. The maximum absolute atomic E-state index is 11.5. The van der Waals surface area contributed by atoms with Crippen molar-refractivity contribution in [1.29, 1.82) is 0 Å². The number of aryl methyl sites for hydroxylation is 1. The second-order valence-corrected chi connectivity index (χ2v) is 5.19. The van der Waals surface area contributed by atoms with E-state index in [2.05, 4.69) is 15.0 Å². The van der Waals surface area contributed by atoms with Crippen LogP contribution in [0.5, 0.6) is 5.75 Å². The van der Waals surface area contributed by atoms with Crippen LogP contribution in [0.1, 0.15) is 16.1 Å². The monoisotopic (exact) mass is 326 g/mol. The number of ether oxygens (including phenoxy) is 2. The number of imidazole rings is 2. The number of methoxy groups -OCH3 is 1. The van der Waals surface area contributed by atoms with E-state index in [1.54, 1.807) is 36.8 Å². The molecule has 0 fully saturated rings. The van der Waals surface area contributed by atoms with Crippen molar-refractivity contribution in [3.63, 3.8) is 0 Å². The molecule has 0 aliphatic heterocycles. The number of hydrogen-bond acceptors (Lipinski definition) is 5. The van der Waals surface area contributed by atoms with Gasteiger partial charge in [0.1, 0.15) is 18.1 Å². The summed E-state index contributed by atoms with van der Waals surface area (Å²) >= 11 is 0. The van der Waals surface area contributed by atoms with Crippen molar-refractivity contribution in [1.82, 2.24) is 19.5 Å². The van der Waals surface area contributed by atoms with Crippen molar-refractivity contribution in [3.8, 4) is 17.3 Å². The number of aromatic amines is 1. The lowest BCUT2D eigenvalue weighted by atomic mass is 10.2. The third-order valence-electron chi connectivity index (χ3n) is 3.61.